The number of hydrazine groups is 1. The van der Waals surface area contributed by atoms with Crippen LogP contribution in [0.2, 0.25) is 10.6 Å². The van der Waals surface area contributed by atoms with Crippen molar-refractivity contribution in [2.75, 3.05) is 10.9 Å². The zero-order valence-corrected chi connectivity index (χ0v) is 11.3. The topological polar surface area (TPSA) is 62.7 Å². The maximum Gasteiger partial charge on any atom is 0.247 e. The molecule has 1 aromatic carbocycles. The first kappa shape index (κ1) is 12.9. The molecule has 0 fully saturated rings. The van der Waals surface area contributed by atoms with Gasteiger partial charge < -0.3 is 0 Å². The number of para-hydroxylation sites is 1. The molecule has 18 heavy (non-hydrogen) atoms. The van der Waals surface area contributed by atoms with Gasteiger partial charge in [0.2, 0.25) is 16.5 Å². The summed E-state index contributed by atoms with van der Waals surface area (Å²) in [6.45, 7) is 4.01. The second-order valence-corrected chi connectivity index (χ2v) is 4.39. The zero-order chi connectivity index (χ0) is 13.1. The van der Waals surface area contributed by atoms with Gasteiger partial charge >= 0.3 is 0 Å². The van der Waals surface area contributed by atoms with E-state index >= 15 is 0 Å². The van der Waals surface area contributed by atoms with Crippen LogP contribution >= 0.6 is 23.2 Å². The van der Waals surface area contributed by atoms with Gasteiger partial charge in [0.25, 0.3) is 0 Å². The van der Waals surface area contributed by atoms with Gasteiger partial charge in [-0.3, -0.25) is 10.9 Å². The van der Waals surface area contributed by atoms with Gasteiger partial charge in [0, 0.05) is 0 Å². The molecule has 0 spiro atoms. The van der Waals surface area contributed by atoms with Gasteiger partial charge in [-0.25, -0.2) is 0 Å². The van der Waals surface area contributed by atoms with E-state index in [1.54, 1.807) is 0 Å². The fourth-order valence-corrected chi connectivity index (χ4v) is 1.88. The van der Waals surface area contributed by atoms with E-state index in [2.05, 4.69) is 25.8 Å². The van der Waals surface area contributed by atoms with Crippen molar-refractivity contribution in [3.63, 3.8) is 0 Å². The number of anilines is 2. The number of halogens is 2. The van der Waals surface area contributed by atoms with Crippen molar-refractivity contribution in [3.8, 4) is 0 Å². The van der Waals surface area contributed by atoms with Crippen molar-refractivity contribution in [3.05, 3.63) is 39.9 Å². The first-order chi connectivity index (χ1) is 8.56. The van der Waals surface area contributed by atoms with Gasteiger partial charge in [0.05, 0.1) is 5.69 Å². The highest BCUT2D eigenvalue weighted by Gasteiger charge is 2.04. The van der Waals surface area contributed by atoms with Crippen molar-refractivity contribution in [1.29, 1.82) is 0 Å². The smallest absolute Gasteiger partial charge is 0.247 e. The van der Waals surface area contributed by atoms with Crippen LogP contribution < -0.4 is 10.9 Å². The second-order valence-electron chi connectivity index (χ2n) is 3.71. The molecule has 2 N–H and O–H groups in total. The lowest BCUT2D eigenvalue weighted by molar-refractivity contribution is 1.04. The van der Waals surface area contributed by atoms with E-state index < -0.39 is 0 Å². The monoisotopic (exact) mass is 283 g/mol. The molecule has 0 bridgehead atoms. The van der Waals surface area contributed by atoms with Crippen LogP contribution in [0.5, 0.6) is 0 Å². The fraction of sp³-hybridized carbons (Fsp3) is 0.182. The van der Waals surface area contributed by atoms with Crippen LogP contribution in [-0.2, 0) is 0 Å². The predicted molar refractivity (Wildman–Crippen MR) is 73.0 cm³/mol. The molecule has 0 atom stereocenters. The van der Waals surface area contributed by atoms with Crippen LogP contribution in [0.15, 0.2) is 18.2 Å². The maximum absolute atomic E-state index is 5.68. The van der Waals surface area contributed by atoms with Gasteiger partial charge in [-0.15, -0.1) is 0 Å². The second kappa shape index (κ2) is 5.37. The molecule has 1 aromatic heterocycles. The summed E-state index contributed by atoms with van der Waals surface area (Å²) in [6.07, 6.45) is 0. The van der Waals surface area contributed by atoms with Crippen molar-refractivity contribution in [2.45, 2.75) is 13.8 Å². The van der Waals surface area contributed by atoms with Crippen molar-refractivity contribution in [2.24, 2.45) is 0 Å². The van der Waals surface area contributed by atoms with Crippen LogP contribution in [0.4, 0.5) is 11.6 Å². The molecule has 2 aromatic rings. The number of aryl methyl sites for hydroxylation is 2. The minimum absolute atomic E-state index is 0.0424. The molecule has 0 radical (unpaired) electrons. The van der Waals surface area contributed by atoms with E-state index in [-0.39, 0.29) is 16.5 Å². The highest BCUT2D eigenvalue weighted by atomic mass is 35.5. The summed E-state index contributed by atoms with van der Waals surface area (Å²) >= 11 is 11.4. The molecule has 5 nitrogen and oxygen atoms in total. The van der Waals surface area contributed by atoms with Gasteiger partial charge in [0.15, 0.2) is 0 Å². The van der Waals surface area contributed by atoms with Gasteiger partial charge in [-0.2, -0.15) is 15.0 Å². The molecule has 0 unspecified atom stereocenters. The lowest BCUT2D eigenvalue weighted by atomic mass is 10.1. The summed E-state index contributed by atoms with van der Waals surface area (Å²) in [4.78, 5) is 11.5. The predicted octanol–water partition coefficient (Wildman–Crippen LogP) is 3.23. The number of hydrogen-bond donors (Lipinski definition) is 2. The van der Waals surface area contributed by atoms with E-state index in [9.17, 15) is 0 Å². The lowest BCUT2D eigenvalue weighted by Gasteiger charge is -2.13. The Morgan fingerprint density at radius 2 is 1.44 bits per heavy atom. The third-order valence-corrected chi connectivity index (χ3v) is 2.70. The van der Waals surface area contributed by atoms with Crippen molar-refractivity contribution in [1.82, 2.24) is 15.0 Å². The largest absolute Gasteiger partial charge is 0.298 e. The van der Waals surface area contributed by atoms with E-state index in [0.29, 0.717) is 0 Å². The standard InChI is InChI=1S/C11H11Cl2N5/c1-6-4-3-5-7(2)8(6)17-18-11-15-9(12)14-10(13)16-11/h3-5,17H,1-2H3,(H,14,15,16,18). The number of nitrogens with zero attached hydrogens (tertiary/aromatic N) is 3. The number of aromatic nitrogens is 3. The van der Waals surface area contributed by atoms with E-state index in [4.69, 9.17) is 23.2 Å². The molecule has 0 aliphatic carbocycles. The quantitative estimate of drug-likeness (QED) is 0.847. The molecule has 7 heteroatoms. The van der Waals surface area contributed by atoms with Gasteiger partial charge in [0.1, 0.15) is 0 Å². The number of rotatable bonds is 3. The number of nitrogens with one attached hydrogen (secondary N) is 2. The average molecular weight is 284 g/mol. The summed E-state index contributed by atoms with van der Waals surface area (Å²) in [7, 11) is 0. The molecule has 0 aliphatic rings. The molecule has 94 valence electrons. The Kier molecular flexibility index (Phi) is 3.84. The molecule has 0 aliphatic heterocycles. The molecule has 0 saturated carbocycles. The van der Waals surface area contributed by atoms with Crippen molar-refractivity contribution < 1.29 is 0 Å². The first-order valence-corrected chi connectivity index (χ1v) is 5.97. The molecule has 1 heterocycles. The highest BCUT2D eigenvalue weighted by molar-refractivity contribution is 6.31. The molecular weight excluding hydrogens is 273 g/mol. The Morgan fingerprint density at radius 1 is 0.889 bits per heavy atom. The zero-order valence-electron chi connectivity index (χ0n) is 9.83. The normalized spacial score (nSPS) is 10.2. The third kappa shape index (κ3) is 3.00. The van der Waals surface area contributed by atoms with Crippen LogP contribution in [0.3, 0.4) is 0 Å². The Labute approximate surface area is 115 Å². The minimum atomic E-state index is 0.0424. The summed E-state index contributed by atoms with van der Waals surface area (Å²) < 4.78 is 0. The fourth-order valence-electron chi connectivity index (χ4n) is 1.51. The molecule has 0 saturated heterocycles. The Balaban J connectivity index is 2.16. The summed E-state index contributed by atoms with van der Waals surface area (Å²) in [5.74, 6) is 0.266. The summed E-state index contributed by atoms with van der Waals surface area (Å²) in [5, 5.41) is 0.0848. The molecule has 2 rings (SSSR count). The van der Waals surface area contributed by atoms with Crippen LogP contribution in [-0.4, -0.2) is 15.0 Å². The minimum Gasteiger partial charge on any atom is -0.298 e. The number of hydrogen-bond acceptors (Lipinski definition) is 5. The Morgan fingerprint density at radius 3 is 2.00 bits per heavy atom. The average Bonchev–Trinajstić information content (AvgIpc) is 2.27. The Hall–Kier alpha value is -1.59. The summed E-state index contributed by atoms with van der Waals surface area (Å²) in [5.41, 5.74) is 9.05. The van der Waals surface area contributed by atoms with Crippen LogP contribution in [0.25, 0.3) is 0 Å². The SMILES string of the molecule is Cc1cccc(C)c1NNc1nc(Cl)nc(Cl)n1. The van der Waals surface area contributed by atoms with E-state index in [1.807, 2.05) is 32.0 Å². The van der Waals surface area contributed by atoms with E-state index in [1.165, 1.54) is 0 Å². The van der Waals surface area contributed by atoms with E-state index in [0.717, 1.165) is 16.8 Å². The summed E-state index contributed by atoms with van der Waals surface area (Å²) in [6, 6.07) is 6.00. The highest BCUT2D eigenvalue weighted by Crippen LogP contribution is 2.19. The molecule has 0 amide bonds. The van der Waals surface area contributed by atoms with Crippen molar-refractivity contribution >= 4 is 34.8 Å². The maximum atomic E-state index is 5.68. The van der Waals surface area contributed by atoms with Crippen LogP contribution in [0, 0.1) is 13.8 Å². The number of benzene rings is 1. The van der Waals surface area contributed by atoms with Gasteiger partial charge in [-0.05, 0) is 48.2 Å². The Bertz CT molecular complexity index is 533. The lowest BCUT2D eigenvalue weighted by Crippen LogP contribution is -2.14. The van der Waals surface area contributed by atoms with Gasteiger partial charge in [-0.1, -0.05) is 18.2 Å². The third-order valence-electron chi connectivity index (χ3n) is 2.36. The molecular formula is C11H11Cl2N5. The van der Waals surface area contributed by atoms with Crippen LogP contribution in [0.1, 0.15) is 11.1 Å². The first-order valence-electron chi connectivity index (χ1n) is 5.21.